The van der Waals surface area contributed by atoms with Crippen LogP contribution in [0.25, 0.3) is 0 Å². The van der Waals surface area contributed by atoms with Crippen LogP contribution in [0, 0.1) is 16.2 Å². The van der Waals surface area contributed by atoms with Crippen molar-refractivity contribution >= 4 is 5.97 Å². The Bertz CT molecular complexity index is 455. The molecule has 0 saturated heterocycles. The Morgan fingerprint density at radius 3 is 2.21 bits per heavy atom. The van der Waals surface area contributed by atoms with Crippen molar-refractivity contribution in [3.05, 3.63) is 23.5 Å². The van der Waals surface area contributed by atoms with Crippen LogP contribution in [0.4, 0.5) is 0 Å². The van der Waals surface area contributed by atoms with Gasteiger partial charge in [0.2, 0.25) is 0 Å². The van der Waals surface area contributed by atoms with Crippen LogP contribution in [-0.2, 0) is 9.53 Å². The lowest BCUT2D eigenvalue weighted by Crippen LogP contribution is -2.48. The molecule has 106 valence electrons. The number of esters is 1. The van der Waals surface area contributed by atoms with Crippen LogP contribution >= 0.6 is 0 Å². The zero-order chi connectivity index (χ0) is 14.6. The van der Waals surface area contributed by atoms with Gasteiger partial charge in [0.1, 0.15) is 5.76 Å². The molecule has 0 spiro atoms. The molecule has 1 heterocycles. The molecule has 0 aromatic rings. The second-order valence-corrected chi connectivity index (χ2v) is 7.62. The molecule has 1 unspecified atom stereocenters. The zero-order valence-electron chi connectivity index (χ0n) is 12.7. The fourth-order valence-electron chi connectivity index (χ4n) is 3.84. The van der Waals surface area contributed by atoms with Crippen LogP contribution in [-0.4, -0.2) is 17.2 Å². The lowest BCUT2D eigenvalue weighted by molar-refractivity contribution is -0.148. The second kappa shape index (κ2) is 3.95. The Kier molecular flexibility index (Phi) is 2.98. The van der Waals surface area contributed by atoms with Gasteiger partial charge in [-0.05, 0) is 17.3 Å². The molecule has 0 amide bonds. The molecule has 1 atom stereocenters. The van der Waals surface area contributed by atoms with Crippen LogP contribution in [0.15, 0.2) is 23.5 Å². The SMILES string of the molecule is CC(C)(C)C1(C(C)(C)C)CC=CC2=C1OC(=O)C2O. The average molecular weight is 264 g/mol. The first-order valence-corrected chi connectivity index (χ1v) is 6.83. The van der Waals surface area contributed by atoms with Gasteiger partial charge in [-0.2, -0.15) is 0 Å². The quantitative estimate of drug-likeness (QED) is 0.683. The highest BCUT2D eigenvalue weighted by molar-refractivity contribution is 5.84. The summed E-state index contributed by atoms with van der Waals surface area (Å²) in [7, 11) is 0. The van der Waals surface area contributed by atoms with E-state index in [9.17, 15) is 9.90 Å². The minimum Gasteiger partial charge on any atom is -0.428 e. The number of aliphatic hydroxyl groups excluding tert-OH is 1. The average Bonchev–Trinajstić information content (AvgIpc) is 2.52. The second-order valence-electron chi connectivity index (χ2n) is 7.62. The number of rotatable bonds is 0. The highest BCUT2D eigenvalue weighted by Gasteiger charge is 2.58. The summed E-state index contributed by atoms with van der Waals surface area (Å²) in [5.41, 5.74) is 0.181. The molecular formula is C16H24O3. The molecule has 0 saturated carbocycles. The maximum atomic E-state index is 11.7. The lowest BCUT2D eigenvalue weighted by Gasteiger charge is -2.54. The van der Waals surface area contributed by atoms with Gasteiger partial charge in [0.05, 0.1) is 0 Å². The number of hydrogen-bond donors (Lipinski definition) is 1. The van der Waals surface area contributed by atoms with Gasteiger partial charge in [-0.1, -0.05) is 53.7 Å². The number of allylic oxidation sites excluding steroid dienone is 2. The number of aliphatic hydroxyl groups is 1. The van der Waals surface area contributed by atoms with E-state index in [1.807, 2.05) is 6.08 Å². The van der Waals surface area contributed by atoms with Crippen molar-refractivity contribution in [3.63, 3.8) is 0 Å². The molecule has 1 N–H and O–H groups in total. The molecule has 0 radical (unpaired) electrons. The Labute approximate surface area is 115 Å². The van der Waals surface area contributed by atoms with Crippen molar-refractivity contribution < 1.29 is 14.6 Å². The molecule has 2 rings (SSSR count). The van der Waals surface area contributed by atoms with Gasteiger partial charge >= 0.3 is 5.97 Å². The maximum absolute atomic E-state index is 11.7. The molecular weight excluding hydrogens is 240 g/mol. The molecule has 0 bridgehead atoms. The molecule has 3 heteroatoms. The van der Waals surface area contributed by atoms with E-state index in [-0.39, 0.29) is 16.2 Å². The summed E-state index contributed by atoms with van der Waals surface area (Å²) in [4.78, 5) is 11.7. The first-order valence-electron chi connectivity index (χ1n) is 6.83. The summed E-state index contributed by atoms with van der Waals surface area (Å²) in [5.74, 6) is 0.127. The summed E-state index contributed by atoms with van der Waals surface area (Å²) in [6.45, 7) is 13.0. The predicted molar refractivity (Wildman–Crippen MR) is 74.2 cm³/mol. The molecule has 19 heavy (non-hydrogen) atoms. The van der Waals surface area contributed by atoms with Gasteiger partial charge in [-0.15, -0.1) is 0 Å². The van der Waals surface area contributed by atoms with E-state index in [0.717, 1.165) is 6.42 Å². The van der Waals surface area contributed by atoms with Crippen LogP contribution in [0.2, 0.25) is 0 Å². The van der Waals surface area contributed by atoms with Crippen LogP contribution in [0.5, 0.6) is 0 Å². The Morgan fingerprint density at radius 2 is 1.74 bits per heavy atom. The highest BCUT2D eigenvalue weighted by atomic mass is 16.6. The van der Waals surface area contributed by atoms with Crippen molar-refractivity contribution in [2.45, 2.75) is 54.1 Å². The fraction of sp³-hybridized carbons (Fsp3) is 0.688. The van der Waals surface area contributed by atoms with E-state index in [1.54, 1.807) is 0 Å². The van der Waals surface area contributed by atoms with E-state index in [2.05, 4.69) is 47.6 Å². The van der Waals surface area contributed by atoms with Crippen molar-refractivity contribution in [1.82, 2.24) is 0 Å². The minimum atomic E-state index is -1.13. The van der Waals surface area contributed by atoms with E-state index < -0.39 is 12.1 Å². The van der Waals surface area contributed by atoms with Crippen molar-refractivity contribution in [2.75, 3.05) is 0 Å². The molecule has 2 aliphatic rings. The topological polar surface area (TPSA) is 46.5 Å². The van der Waals surface area contributed by atoms with Gasteiger partial charge in [0.25, 0.3) is 0 Å². The van der Waals surface area contributed by atoms with Crippen LogP contribution in [0.3, 0.4) is 0 Å². The molecule has 3 nitrogen and oxygen atoms in total. The standard InChI is InChI=1S/C16H24O3/c1-14(2,3)16(15(4,5)6)9-7-8-10-11(17)13(18)19-12(10)16/h7-8,11,17H,9H2,1-6H3. The number of hydrogen-bond acceptors (Lipinski definition) is 3. The van der Waals surface area contributed by atoms with Gasteiger partial charge in [0.15, 0.2) is 6.10 Å². The van der Waals surface area contributed by atoms with Gasteiger partial charge in [-0.3, -0.25) is 0 Å². The molecule has 0 fully saturated rings. The third-order valence-electron chi connectivity index (χ3n) is 4.65. The number of carbonyl (C=O) groups is 1. The Balaban J connectivity index is 2.68. The van der Waals surface area contributed by atoms with Crippen molar-refractivity contribution in [2.24, 2.45) is 16.2 Å². The lowest BCUT2D eigenvalue weighted by atomic mass is 9.50. The van der Waals surface area contributed by atoms with Crippen LogP contribution in [0.1, 0.15) is 48.0 Å². The summed E-state index contributed by atoms with van der Waals surface area (Å²) in [6.07, 6.45) is 3.58. The first kappa shape index (κ1) is 14.3. The van der Waals surface area contributed by atoms with E-state index in [1.165, 1.54) is 0 Å². The zero-order valence-corrected chi connectivity index (χ0v) is 12.7. The van der Waals surface area contributed by atoms with Crippen molar-refractivity contribution in [1.29, 1.82) is 0 Å². The van der Waals surface area contributed by atoms with E-state index in [4.69, 9.17) is 4.74 Å². The largest absolute Gasteiger partial charge is 0.428 e. The van der Waals surface area contributed by atoms with Crippen LogP contribution < -0.4 is 0 Å². The minimum absolute atomic E-state index is 0.0824. The smallest absolute Gasteiger partial charge is 0.344 e. The number of ether oxygens (including phenoxy) is 1. The summed E-state index contributed by atoms with van der Waals surface area (Å²) in [5, 5.41) is 9.97. The molecule has 1 aliphatic carbocycles. The maximum Gasteiger partial charge on any atom is 0.344 e. The van der Waals surface area contributed by atoms with Gasteiger partial charge in [-0.25, -0.2) is 4.79 Å². The Hall–Kier alpha value is -1.09. The summed E-state index contributed by atoms with van der Waals surface area (Å²) in [6, 6.07) is 0. The van der Waals surface area contributed by atoms with E-state index >= 15 is 0 Å². The first-order chi connectivity index (χ1) is 8.52. The summed E-state index contributed by atoms with van der Waals surface area (Å²) < 4.78 is 5.49. The molecule has 0 aromatic heterocycles. The third kappa shape index (κ3) is 1.78. The monoisotopic (exact) mass is 264 g/mol. The number of carbonyl (C=O) groups excluding carboxylic acids is 1. The summed E-state index contributed by atoms with van der Waals surface area (Å²) >= 11 is 0. The predicted octanol–water partition coefficient (Wildman–Crippen LogP) is 3.20. The highest BCUT2D eigenvalue weighted by Crippen LogP contribution is 2.62. The van der Waals surface area contributed by atoms with Gasteiger partial charge < -0.3 is 9.84 Å². The molecule has 1 aliphatic heterocycles. The van der Waals surface area contributed by atoms with E-state index in [0.29, 0.717) is 11.3 Å². The van der Waals surface area contributed by atoms with Gasteiger partial charge in [0, 0.05) is 11.0 Å². The Morgan fingerprint density at radius 1 is 1.21 bits per heavy atom. The fourth-order valence-corrected chi connectivity index (χ4v) is 3.84. The van der Waals surface area contributed by atoms with Crippen molar-refractivity contribution in [3.8, 4) is 0 Å². The normalized spacial score (nSPS) is 26.5. The third-order valence-corrected chi connectivity index (χ3v) is 4.65. The molecule has 0 aromatic carbocycles.